The molecule has 18 heavy (non-hydrogen) atoms. The zero-order chi connectivity index (χ0) is 12.4. The Bertz CT molecular complexity index is 566. The van der Waals surface area contributed by atoms with Crippen molar-refractivity contribution in [3.63, 3.8) is 0 Å². The van der Waals surface area contributed by atoms with Gasteiger partial charge in [-0.15, -0.1) is 0 Å². The molecule has 3 heteroatoms. The zero-order valence-electron chi connectivity index (χ0n) is 10.2. The Morgan fingerprint density at radius 1 is 1.17 bits per heavy atom. The molecule has 3 nitrogen and oxygen atoms in total. The summed E-state index contributed by atoms with van der Waals surface area (Å²) in [6.07, 6.45) is 5.88. The van der Waals surface area contributed by atoms with Crippen LogP contribution in [0.5, 0.6) is 5.75 Å². The van der Waals surface area contributed by atoms with Gasteiger partial charge < -0.3 is 10.5 Å². The molecule has 0 atom stereocenters. The molecular formula is C15H16N2O. The normalized spacial score (nSPS) is 13.8. The summed E-state index contributed by atoms with van der Waals surface area (Å²) in [4.78, 5) is 4.23. The van der Waals surface area contributed by atoms with Gasteiger partial charge in [0.2, 0.25) is 0 Å². The van der Waals surface area contributed by atoms with E-state index in [1.165, 1.54) is 11.1 Å². The predicted octanol–water partition coefficient (Wildman–Crippen LogP) is 2.53. The second kappa shape index (κ2) is 4.78. The molecule has 1 aromatic heterocycles. The van der Waals surface area contributed by atoms with Crippen LogP contribution in [0.1, 0.15) is 17.5 Å². The average molecular weight is 240 g/mol. The SMILES string of the molecule is NCc1cncc(-c2ccc3c(c2)CCCO3)c1. The monoisotopic (exact) mass is 240 g/mol. The molecule has 0 spiro atoms. The number of ether oxygens (including phenoxy) is 1. The predicted molar refractivity (Wildman–Crippen MR) is 71.4 cm³/mol. The van der Waals surface area contributed by atoms with Crippen molar-refractivity contribution in [3.8, 4) is 16.9 Å². The van der Waals surface area contributed by atoms with Crippen LogP contribution in [0.4, 0.5) is 0 Å². The lowest BCUT2D eigenvalue weighted by Gasteiger charge is -2.18. The van der Waals surface area contributed by atoms with Crippen molar-refractivity contribution >= 4 is 0 Å². The maximum Gasteiger partial charge on any atom is 0.122 e. The molecule has 3 rings (SSSR count). The van der Waals surface area contributed by atoms with Crippen LogP contribution in [-0.2, 0) is 13.0 Å². The molecule has 1 aliphatic rings. The first kappa shape index (κ1) is 11.2. The molecule has 92 valence electrons. The number of pyridine rings is 1. The van der Waals surface area contributed by atoms with E-state index in [0.29, 0.717) is 6.54 Å². The first-order valence-electron chi connectivity index (χ1n) is 6.27. The van der Waals surface area contributed by atoms with Gasteiger partial charge in [-0.25, -0.2) is 0 Å². The van der Waals surface area contributed by atoms with Gasteiger partial charge in [0.15, 0.2) is 0 Å². The Hall–Kier alpha value is -1.87. The fraction of sp³-hybridized carbons (Fsp3) is 0.267. The standard InChI is InChI=1S/C15H16N2O/c16-8-11-6-14(10-17-9-11)12-3-4-15-13(7-12)2-1-5-18-15/h3-4,6-7,9-10H,1-2,5,8,16H2. The second-order valence-electron chi connectivity index (χ2n) is 4.56. The molecule has 0 unspecified atom stereocenters. The third-order valence-corrected chi connectivity index (χ3v) is 3.27. The minimum Gasteiger partial charge on any atom is -0.493 e. The van der Waals surface area contributed by atoms with E-state index in [1.807, 2.05) is 12.4 Å². The van der Waals surface area contributed by atoms with Gasteiger partial charge >= 0.3 is 0 Å². The number of fused-ring (bicyclic) bond motifs is 1. The van der Waals surface area contributed by atoms with Gasteiger partial charge in [-0.05, 0) is 47.7 Å². The number of rotatable bonds is 2. The van der Waals surface area contributed by atoms with E-state index in [1.54, 1.807) is 0 Å². The highest BCUT2D eigenvalue weighted by molar-refractivity contribution is 5.65. The quantitative estimate of drug-likeness (QED) is 0.877. The van der Waals surface area contributed by atoms with E-state index in [-0.39, 0.29) is 0 Å². The number of nitrogens with zero attached hydrogens (tertiary/aromatic N) is 1. The summed E-state index contributed by atoms with van der Waals surface area (Å²) in [6, 6.07) is 8.44. The Balaban J connectivity index is 2.00. The van der Waals surface area contributed by atoms with Crippen molar-refractivity contribution in [1.82, 2.24) is 4.98 Å². The van der Waals surface area contributed by atoms with Crippen molar-refractivity contribution in [2.24, 2.45) is 5.73 Å². The Morgan fingerprint density at radius 3 is 3.00 bits per heavy atom. The molecule has 0 fully saturated rings. The van der Waals surface area contributed by atoms with Crippen LogP contribution in [0.25, 0.3) is 11.1 Å². The summed E-state index contributed by atoms with van der Waals surface area (Å²) in [5.74, 6) is 1.02. The first-order chi connectivity index (χ1) is 8.86. The Morgan fingerprint density at radius 2 is 2.11 bits per heavy atom. The van der Waals surface area contributed by atoms with E-state index in [2.05, 4.69) is 29.2 Å². The van der Waals surface area contributed by atoms with Crippen LogP contribution >= 0.6 is 0 Å². The minimum absolute atomic E-state index is 0.523. The number of aryl methyl sites for hydroxylation is 1. The van der Waals surface area contributed by atoms with Crippen LogP contribution < -0.4 is 10.5 Å². The molecule has 0 radical (unpaired) electrons. The maximum atomic E-state index is 5.65. The fourth-order valence-corrected chi connectivity index (χ4v) is 2.30. The van der Waals surface area contributed by atoms with Gasteiger partial charge in [-0.3, -0.25) is 4.98 Å². The van der Waals surface area contributed by atoms with Crippen LogP contribution in [0.15, 0.2) is 36.7 Å². The van der Waals surface area contributed by atoms with Gasteiger partial charge in [0.25, 0.3) is 0 Å². The number of aromatic nitrogens is 1. The van der Waals surface area contributed by atoms with Crippen LogP contribution in [0.3, 0.4) is 0 Å². The molecule has 1 aliphatic heterocycles. The molecule has 0 bridgehead atoms. The molecule has 0 saturated heterocycles. The highest BCUT2D eigenvalue weighted by Gasteiger charge is 2.11. The highest BCUT2D eigenvalue weighted by Crippen LogP contribution is 2.30. The summed E-state index contributed by atoms with van der Waals surface area (Å²) in [6.45, 7) is 1.35. The van der Waals surface area contributed by atoms with E-state index in [4.69, 9.17) is 10.5 Å². The van der Waals surface area contributed by atoms with Crippen molar-refractivity contribution in [2.75, 3.05) is 6.61 Å². The number of nitrogens with two attached hydrogens (primary N) is 1. The van der Waals surface area contributed by atoms with E-state index in [0.717, 1.165) is 36.3 Å². The summed E-state index contributed by atoms with van der Waals surface area (Å²) >= 11 is 0. The molecule has 2 N–H and O–H groups in total. The lowest BCUT2D eigenvalue weighted by molar-refractivity contribution is 0.288. The lowest BCUT2D eigenvalue weighted by atomic mass is 9.99. The minimum atomic E-state index is 0.523. The molecule has 0 saturated carbocycles. The van der Waals surface area contributed by atoms with Crippen LogP contribution in [0, 0.1) is 0 Å². The molecule has 2 aromatic rings. The highest BCUT2D eigenvalue weighted by atomic mass is 16.5. The number of hydrogen-bond acceptors (Lipinski definition) is 3. The summed E-state index contributed by atoms with van der Waals surface area (Å²) in [5, 5.41) is 0. The second-order valence-corrected chi connectivity index (χ2v) is 4.56. The van der Waals surface area contributed by atoms with Gasteiger partial charge in [0, 0.05) is 24.5 Å². The van der Waals surface area contributed by atoms with Crippen LogP contribution in [0.2, 0.25) is 0 Å². The van der Waals surface area contributed by atoms with Crippen molar-refractivity contribution in [1.29, 1.82) is 0 Å². The number of hydrogen-bond donors (Lipinski definition) is 1. The molecule has 0 amide bonds. The summed E-state index contributed by atoms with van der Waals surface area (Å²) in [5.41, 5.74) is 10.3. The van der Waals surface area contributed by atoms with Crippen molar-refractivity contribution < 1.29 is 4.74 Å². The van der Waals surface area contributed by atoms with E-state index >= 15 is 0 Å². The first-order valence-corrected chi connectivity index (χ1v) is 6.27. The van der Waals surface area contributed by atoms with Gasteiger partial charge in [-0.1, -0.05) is 6.07 Å². The average Bonchev–Trinajstić information content (AvgIpc) is 2.47. The molecular weight excluding hydrogens is 224 g/mol. The van der Waals surface area contributed by atoms with Gasteiger partial charge in [-0.2, -0.15) is 0 Å². The summed E-state index contributed by atoms with van der Waals surface area (Å²) < 4.78 is 5.62. The lowest BCUT2D eigenvalue weighted by Crippen LogP contribution is -2.08. The smallest absolute Gasteiger partial charge is 0.122 e. The maximum absolute atomic E-state index is 5.65. The molecule has 1 aromatic carbocycles. The van der Waals surface area contributed by atoms with Crippen molar-refractivity contribution in [2.45, 2.75) is 19.4 Å². The van der Waals surface area contributed by atoms with Crippen molar-refractivity contribution in [3.05, 3.63) is 47.8 Å². The number of benzene rings is 1. The Kier molecular flexibility index (Phi) is 2.99. The fourth-order valence-electron chi connectivity index (χ4n) is 2.30. The Labute approximate surface area is 107 Å². The summed E-state index contributed by atoms with van der Waals surface area (Å²) in [7, 11) is 0. The largest absolute Gasteiger partial charge is 0.493 e. The van der Waals surface area contributed by atoms with Gasteiger partial charge in [0.05, 0.1) is 6.61 Å². The third-order valence-electron chi connectivity index (χ3n) is 3.27. The molecule has 0 aliphatic carbocycles. The van der Waals surface area contributed by atoms with Crippen LogP contribution in [-0.4, -0.2) is 11.6 Å². The topological polar surface area (TPSA) is 48.1 Å². The zero-order valence-corrected chi connectivity index (χ0v) is 10.2. The molecule has 2 heterocycles. The van der Waals surface area contributed by atoms with E-state index < -0.39 is 0 Å². The van der Waals surface area contributed by atoms with Gasteiger partial charge in [0.1, 0.15) is 5.75 Å². The third kappa shape index (κ3) is 2.09. The van der Waals surface area contributed by atoms with E-state index in [9.17, 15) is 0 Å².